The molecule has 8 nitrogen and oxygen atoms in total. The Balaban J connectivity index is 1.24. The fourth-order valence-corrected chi connectivity index (χ4v) is 6.71. The molecule has 0 radical (unpaired) electrons. The number of thioether (sulfide) groups is 2. The first-order chi connectivity index (χ1) is 20.6. The molecule has 2 saturated heterocycles. The highest BCUT2D eigenvalue weighted by Crippen LogP contribution is 2.33. The summed E-state index contributed by atoms with van der Waals surface area (Å²) in [5, 5.41) is 0. The molecular weight excluding hydrogens is 621 g/mol. The molecule has 2 N–H and O–H groups in total. The molecule has 2 fully saturated rings. The van der Waals surface area contributed by atoms with Crippen LogP contribution in [0.25, 0.3) is 12.2 Å². The molecule has 0 saturated carbocycles. The van der Waals surface area contributed by atoms with Crippen molar-refractivity contribution in [3.05, 3.63) is 105 Å². The van der Waals surface area contributed by atoms with E-state index in [1.807, 2.05) is 86.7 Å². The zero-order valence-electron chi connectivity index (χ0n) is 23.4. The molecule has 2 heterocycles. The molecule has 0 spiro atoms. The number of carbonyl (C=O) groups excluding carboxylic acids is 4. The van der Waals surface area contributed by atoms with Crippen molar-refractivity contribution in [2.75, 3.05) is 13.1 Å². The lowest BCUT2D eigenvalue weighted by molar-refractivity contribution is -0.131. The van der Waals surface area contributed by atoms with Crippen molar-refractivity contribution in [2.24, 2.45) is 0 Å². The van der Waals surface area contributed by atoms with E-state index in [0.29, 0.717) is 14.1 Å². The Morgan fingerprint density at radius 2 is 1.16 bits per heavy atom. The summed E-state index contributed by atoms with van der Waals surface area (Å²) in [6.07, 6.45) is 7.32. The van der Waals surface area contributed by atoms with Gasteiger partial charge in [-0.15, -0.1) is 0 Å². The number of benzene rings is 2. The quantitative estimate of drug-likeness (QED) is 0.217. The third-order valence-corrected chi connectivity index (χ3v) is 8.81. The van der Waals surface area contributed by atoms with Gasteiger partial charge in [-0.3, -0.25) is 39.8 Å². The molecule has 2 aliphatic heterocycles. The van der Waals surface area contributed by atoms with E-state index < -0.39 is 11.8 Å². The Hall–Kier alpha value is -3.84. The smallest absolute Gasteiger partial charge is 0.266 e. The van der Waals surface area contributed by atoms with Crippen molar-refractivity contribution in [3.8, 4) is 0 Å². The molecule has 2 aliphatic rings. The standard InChI is InChI=1S/C31H28N4O4S4/c1-20(15-22-9-5-3-6-10-22)17-24-28(38)34(30(40)42-24)14-13-26(36)32-33-27(37)19-35-29(39)25(43-31(35)41)18-21(2)16-23-11-7-4-8-12-23/h3-12,15-18H,13-14,19H2,1-2H3,(H,32,36)(H,33,37). The topological polar surface area (TPSA) is 98.8 Å². The molecule has 0 unspecified atom stereocenters. The molecule has 4 rings (SSSR count). The second-order valence-corrected chi connectivity index (χ2v) is 12.9. The van der Waals surface area contributed by atoms with Crippen LogP contribution in [0.5, 0.6) is 0 Å². The van der Waals surface area contributed by atoms with Crippen molar-refractivity contribution >= 4 is 92.4 Å². The SMILES string of the molecule is CC(=Cc1ccccc1)C=C1SC(=S)N(CCC(=O)NNC(=O)CN2C(=O)C(=CC(C)=Cc3ccccc3)SC2=S)C1=O. The van der Waals surface area contributed by atoms with E-state index in [-0.39, 0.29) is 35.6 Å². The molecule has 0 atom stereocenters. The molecule has 0 aliphatic carbocycles. The predicted molar refractivity (Wildman–Crippen MR) is 181 cm³/mol. The Bertz CT molecular complexity index is 1580. The summed E-state index contributed by atoms with van der Waals surface area (Å²) in [6.45, 7) is 3.49. The number of nitrogens with one attached hydrogen (secondary N) is 2. The van der Waals surface area contributed by atoms with Gasteiger partial charge in [-0.05, 0) is 48.3 Å². The Morgan fingerprint density at radius 1 is 0.721 bits per heavy atom. The number of rotatable bonds is 9. The molecule has 12 heteroatoms. The average molecular weight is 649 g/mol. The summed E-state index contributed by atoms with van der Waals surface area (Å²) in [7, 11) is 0. The highest BCUT2D eigenvalue weighted by atomic mass is 32.2. The lowest BCUT2D eigenvalue weighted by atomic mass is 10.1. The molecule has 2 aromatic rings. The Kier molecular flexibility index (Phi) is 11.2. The van der Waals surface area contributed by atoms with Crippen molar-refractivity contribution in [1.82, 2.24) is 20.7 Å². The molecular formula is C31H28N4O4S4. The van der Waals surface area contributed by atoms with Crippen molar-refractivity contribution in [2.45, 2.75) is 20.3 Å². The van der Waals surface area contributed by atoms with Crippen LogP contribution in [-0.4, -0.2) is 55.2 Å². The zero-order valence-corrected chi connectivity index (χ0v) is 26.6. The Morgan fingerprint density at radius 3 is 1.67 bits per heavy atom. The largest absolute Gasteiger partial charge is 0.292 e. The van der Waals surface area contributed by atoms with Gasteiger partial charge in [0.2, 0.25) is 5.91 Å². The maximum atomic E-state index is 12.9. The van der Waals surface area contributed by atoms with E-state index in [0.717, 1.165) is 34.0 Å². The molecule has 4 amide bonds. The van der Waals surface area contributed by atoms with Crippen LogP contribution in [0, 0.1) is 0 Å². The summed E-state index contributed by atoms with van der Waals surface area (Å²) < 4.78 is 0.610. The number of carbonyl (C=O) groups is 4. The van der Waals surface area contributed by atoms with Crippen molar-refractivity contribution in [1.29, 1.82) is 0 Å². The van der Waals surface area contributed by atoms with Crippen LogP contribution in [0.1, 0.15) is 31.4 Å². The van der Waals surface area contributed by atoms with Crippen LogP contribution in [0.2, 0.25) is 0 Å². The molecule has 2 aromatic carbocycles. The van der Waals surface area contributed by atoms with E-state index in [4.69, 9.17) is 24.4 Å². The van der Waals surface area contributed by atoms with Gasteiger partial charge in [0.15, 0.2) is 0 Å². The van der Waals surface area contributed by atoms with Crippen molar-refractivity contribution in [3.63, 3.8) is 0 Å². The third-order valence-electron chi connectivity index (χ3n) is 6.06. The van der Waals surface area contributed by atoms with Crippen molar-refractivity contribution < 1.29 is 19.2 Å². The molecule has 0 bridgehead atoms. The average Bonchev–Trinajstić information content (AvgIpc) is 3.39. The summed E-state index contributed by atoms with van der Waals surface area (Å²) in [6, 6.07) is 19.4. The fraction of sp³-hybridized carbons (Fsp3) is 0.161. The predicted octanol–water partition coefficient (Wildman–Crippen LogP) is 5.22. The fourth-order valence-electron chi connectivity index (χ4n) is 4.05. The second kappa shape index (κ2) is 15.1. The van der Waals surface area contributed by atoms with Crippen LogP contribution < -0.4 is 10.9 Å². The number of hydrogen-bond acceptors (Lipinski definition) is 8. The highest BCUT2D eigenvalue weighted by Gasteiger charge is 2.34. The first kappa shape index (κ1) is 32.1. The lowest BCUT2D eigenvalue weighted by Crippen LogP contribution is -2.48. The molecule has 220 valence electrons. The van der Waals surface area contributed by atoms with Gasteiger partial charge in [0.25, 0.3) is 17.7 Å². The molecule has 0 aromatic heterocycles. The number of thiocarbonyl (C=S) groups is 2. The highest BCUT2D eigenvalue weighted by molar-refractivity contribution is 8.27. The van der Waals surface area contributed by atoms with E-state index in [1.54, 1.807) is 12.2 Å². The second-order valence-electron chi connectivity index (χ2n) is 9.55. The number of amides is 4. The van der Waals surface area contributed by atoms with Gasteiger partial charge in [-0.25, -0.2) is 0 Å². The van der Waals surface area contributed by atoms with Crippen LogP contribution in [-0.2, 0) is 19.2 Å². The summed E-state index contributed by atoms with van der Waals surface area (Å²) in [5.41, 5.74) is 8.39. The maximum absolute atomic E-state index is 12.9. The number of allylic oxidation sites excluding steroid dienone is 4. The minimum absolute atomic E-state index is 0.0561. The lowest BCUT2D eigenvalue weighted by Gasteiger charge is -2.16. The number of nitrogens with zero attached hydrogens (tertiary/aromatic N) is 2. The van der Waals surface area contributed by atoms with Gasteiger partial charge in [0.05, 0.1) is 9.81 Å². The Labute approximate surface area is 269 Å². The van der Waals surface area contributed by atoms with E-state index in [2.05, 4.69) is 10.9 Å². The zero-order chi connectivity index (χ0) is 30.9. The minimum atomic E-state index is -0.614. The normalized spacial score (nSPS) is 17.8. The summed E-state index contributed by atoms with van der Waals surface area (Å²) >= 11 is 13.0. The molecule has 43 heavy (non-hydrogen) atoms. The third kappa shape index (κ3) is 9.07. The van der Waals surface area contributed by atoms with Crippen LogP contribution in [0.4, 0.5) is 0 Å². The van der Waals surface area contributed by atoms with Gasteiger partial charge in [-0.2, -0.15) is 0 Å². The van der Waals surface area contributed by atoms with Gasteiger partial charge >= 0.3 is 0 Å². The van der Waals surface area contributed by atoms with Gasteiger partial charge in [0.1, 0.15) is 15.2 Å². The summed E-state index contributed by atoms with van der Waals surface area (Å²) in [5.74, 6) is -1.78. The van der Waals surface area contributed by atoms with E-state index >= 15 is 0 Å². The monoisotopic (exact) mass is 648 g/mol. The maximum Gasteiger partial charge on any atom is 0.266 e. The van der Waals surface area contributed by atoms with Gasteiger partial charge < -0.3 is 0 Å². The summed E-state index contributed by atoms with van der Waals surface area (Å²) in [4.78, 5) is 54.1. The van der Waals surface area contributed by atoms with Gasteiger partial charge in [-0.1, -0.05) is 121 Å². The minimum Gasteiger partial charge on any atom is -0.292 e. The first-order valence-electron chi connectivity index (χ1n) is 13.2. The van der Waals surface area contributed by atoms with E-state index in [9.17, 15) is 19.2 Å². The number of hydrogen-bond donors (Lipinski definition) is 2. The first-order valence-corrected chi connectivity index (χ1v) is 15.6. The van der Waals surface area contributed by atoms with Gasteiger partial charge in [0, 0.05) is 13.0 Å². The van der Waals surface area contributed by atoms with Crippen LogP contribution >= 0.6 is 48.0 Å². The van der Waals surface area contributed by atoms with Crippen LogP contribution in [0.3, 0.4) is 0 Å². The van der Waals surface area contributed by atoms with Crippen LogP contribution in [0.15, 0.2) is 93.8 Å². The van der Waals surface area contributed by atoms with E-state index in [1.165, 1.54) is 21.6 Å². The number of hydrazine groups is 1.